The van der Waals surface area contributed by atoms with E-state index in [0.29, 0.717) is 30.1 Å². The van der Waals surface area contributed by atoms with Crippen LogP contribution in [0.25, 0.3) is 0 Å². The monoisotopic (exact) mass is 322 g/mol. The highest BCUT2D eigenvalue weighted by Crippen LogP contribution is 2.21. The summed E-state index contributed by atoms with van der Waals surface area (Å²) in [6.07, 6.45) is 1.46. The van der Waals surface area contributed by atoms with E-state index in [1.54, 1.807) is 23.2 Å². The zero-order chi connectivity index (χ0) is 17.1. The Balaban J connectivity index is 1.58. The molecule has 1 aromatic carbocycles. The Morgan fingerprint density at radius 3 is 2.62 bits per heavy atom. The molecule has 3 rings (SSSR count). The Bertz CT molecular complexity index is 774. The van der Waals surface area contributed by atoms with Crippen molar-refractivity contribution in [3.05, 3.63) is 53.7 Å². The van der Waals surface area contributed by atoms with E-state index >= 15 is 0 Å². The number of nitrogens with zero attached hydrogens (tertiary/aromatic N) is 4. The number of amides is 1. The number of likely N-dealkylation sites (tertiary alicyclic amines) is 1. The smallest absolute Gasteiger partial charge is 0.254 e. The minimum Gasteiger partial charge on any atom is -0.470 e. The average Bonchev–Trinajstić information content (AvgIpc) is 2.57. The summed E-state index contributed by atoms with van der Waals surface area (Å²) >= 11 is 0. The minimum absolute atomic E-state index is 0.0123. The molecule has 0 saturated carbocycles. The molecule has 0 atom stereocenters. The van der Waals surface area contributed by atoms with Crippen molar-refractivity contribution in [3.63, 3.8) is 0 Å². The lowest BCUT2D eigenvalue weighted by atomic mass is 10.1. The van der Waals surface area contributed by atoms with Crippen LogP contribution >= 0.6 is 0 Å². The number of hydrogen-bond acceptors (Lipinski definition) is 5. The molecule has 1 amide bonds. The van der Waals surface area contributed by atoms with Gasteiger partial charge in [-0.05, 0) is 36.4 Å². The zero-order valence-electron chi connectivity index (χ0n) is 13.6. The molecule has 6 heteroatoms. The van der Waals surface area contributed by atoms with Gasteiger partial charge in [-0.3, -0.25) is 4.79 Å². The lowest BCUT2D eigenvalue weighted by Gasteiger charge is -2.38. The number of carbonyl (C=O) groups excluding carboxylic acids is 1. The second-order valence-electron chi connectivity index (χ2n) is 5.86. The summed E-state index contributed by atoms with van der Waals surface area (Å²) < 4.78 is 5.71. The van der Waals surface area contributed by atoms with Crippen molar-refractivity contribution >= 4 is 11.6 Å². The molecule has 0 spiro atoms. The highest BCUT2D eigenvalue weighted by molar-refractivity contribution is 5.95. The van der Waals surface area contributed by atoms with Gasteiger partial charge in [0.2, 0.25) is 5.88 Å². The predicted octanol–water partition coefficient (Wildman–Crippen LogP) is 1.92. The maximum Gasteiger partial charge on any atom is 0.254 e. The van der Waals surface area contributed by atoms with Gasteiger partial charge in [-0.2, -0.15) is 5.26 Å². The standard InChI is InChI=1S/C18H18N4O2/c1-21(2)15-7-5-13(6-8-15)18(23)22-11-16(12-22)24-17-14(10-19)4-3-9-20-17/h3-9,16H,11-12H2,1-2H3. The van der Waals surface area contributed by atoms with Crippen molar-refractivity contribution in [2.24, 2.45) is 0 Å². The number of benzene rings is 1. The van der Waals surface area contributed by atoms with Gasteiger partial charge in [-0.1, -0.05) is 0 Å². The first-order chi connectivity index (χ1) is 11.6. The Labute approximate surface area is 140 Å². The van der Waals surface area contributed by atoms with Crippen LogP contribution in [0.2, 0.25) is 0 Å². The Hall–Kier alpha value is -3.07. The normalized spacial score (nSPS) is 13.8. The first-order valence-corrected chi connectivity index (χ1v) is 7.67. The molecule has 0 N–H and O–H groups in total. The number of aromatic nitrogens is 1. The fourth-order valence-electron chi connectivity index (χ4n) is 2.49. The van der Waals surface area contributed by atoms with Crippen LogP contribution in [0.1, 0.15) is 15.9 Å². The number of rotatable bonds is 4. The van der Waals surface area contributed by atoms with Gasteiger partial charge in [0.1, 0.15) is 17.7 Å². The molecular formula is C18H18N4O2. The molecule has 0 radical (unpaired) electrons. The van der Waals surface area contributed by atoms with E-state index < -0.39 is 0 Å². The summed E-state index contributed by atoms with van der Waals surface area (Å²) in [6.45, 7) is 0.991. The largest absolute Gasteiger partial charge is 0.470 e. The van der Waals surface area contributed by atoms with Gasteiger partial charge in [0.15, 0.2) is 0 Å². The van der Waals surface area contributed by atoms with Crippen molar-refractivity contribution in [1.29, 1.82) is 5.26 Å². The molecular weight excluding hydrogens is 304 g/mol. The number of anilines is 1. The highest BCUT2D eigenvalue weighted by atomic mass is 16.5. The maximum atomic E-state index is 12.4. The SMILES string of the molecule is CN(C)c1ccc(C(=O)N2CC(Oc3ncccc3C#N)C2)cc1. The third-order valence-electron chi connectivity index (χ3n) is 3.94. The van der Waals surface area contributed by atoms with E-state index in [1.165, 1.54) is 0 Å². The molecule has 1 aliphatic heterocycles. The van der Waals surface area contributed by atoms with E-state index in [9.17, 15) is 4.79 Å². The van der Waals surface area contributed by atoms with Crippen LogP contribution in [-0.2, 0) is 0 Å². The predicted molar refractivity (Wildman–Crippen MR) is 90.0 cm³/mol. The van der Waals surface area contributed by atoms with Crippen LogP contribution in [0.5, 0.6) is 5.88 Å². The molecule has 2 heterocycles. The second kappa shape index (κ2) is 6.59. The van der Waals surface area contributed by atoms with Gasteiger partial charge >= 0.3 is 0 Å². The Morgan fingerprint density at radius 2 is 2.00 bits per heavy atom. The molecule has 1 aliphatic rings. The number of pyridine rings is 1. The topological polar surface area (TPSA) is 69.5 Å². The summed E-state index contributed by atoms with van der Waals surface area (Å²) in [6, 6.07) is 12.9. The minimum atomic E-state index is -0.128. The summed E-state index contributed by atoms with van der Waals surface area (Å²) in [5.74, 6) is 0.314. The lowest BCUT2D eigenvalue weighted by Crippen LogP contribution is -2.56. The number of hydrogen-bond donors (Lipinski definition) is 0. The van der Waals surface area contributed by atoms with Crippen molar-refractivity contribution in [2.75, 3.05) is 32.1 Å². The van der Waals surface area contributed by atoms with Crippen LogP contribution in [0.3, 0.4) is 0 Å². The second-order valence-corrected chi connectivity index (χ2v) is 5.86. The number of nitriles is 1. The van der Waals surface area contributed by atoms with Crippen LogP contribution in [0, 0.1) is 11.3 Å². The summed E-state index contributed by atoms with van der Waals surface area (Å²) in [5.41, 5.74) is 2.12. The Kier molecular flexibility index (Phi) is 4.34. The van der Waals surface area contributed by atoms with Crippen LogP contribution < -0.4 is 9.64 Å². The van der Waals surface area contributed by atoms with Crippen LogP contribution in [-0.4, -0.2) is 49.1 Å². The van der Waals surface area contributed by atoms with E-state index in [-0.39, 0.29) is 12.0 Å². The zero-order valence-corrected chi connectivity index (χ0v) is 13.6. The molecule has 1 saturated heterocycles. The van der Waals surface area contributed by atoms with Gasteiger partial charge in [-0.15, -0.1) is 0 Å². The molecule has 6 nitrogen and oxygen atoms in total. The highest BCUT2D eigenvalue weighted by Gasteiger charge is 2.33. The van der Waals surface area contributed by atoms with Crippen molar-refractivity contribution in [1.82, 2.24) is 9.88 Å². The summed E-state index contributed by atoms with van der Waals surface area (Å²) in [5, 5.41) is 9.03. The van der Waals surface area contributed by atoms with Crippen LogP contribution in [0.15, 0.2) is 42.6 Å². The molecule has 0 bridgehead atoms. The van der Waals surface area contributed by atoms with E-state index in [1.807, 2.05) is 43.3 Å². The quantitative estimate of drug-likeness (QED) is 0.860. The Morgan fingerprint density at radius 1 is 1.29 bits per heavy atom. The van der Waals surface area contributed by atoms with Crippen LogP contribution in [0.4, 0.5) is 5.69 Å². The van der Waals surface area contributed by atoms with E-state index in [2.05, 4.69) is 11.1 Å². The van der Waals surface area contributed by atoms with Crippen molar-refractivity contribution in [2.45, 2.75) is 6.10 Å². The average molecular weight is 322 g/mol. The third-order valence-corrected chi connectivity index (χ3v) is 3.94. The molecule has 2 aromatic rings. The fraction of sp³-hybridized carbons (Fsp3) is 0.278. The van der Waals surface area contributed by atoms with Gasteiger partial charge in [0, 0.05) is 31.5 Å². The number of ether oxygens (including phenoxy) is 1. The van der Waals surface area contributed by atoms with Crippen molar-refractivity contribution in [3.8, 4) is 11.9 Å². The van der Waals surface area contributed by atoms with E-state index in [0.717, 1.165) is 5.69 Å². The molecule has 1 fully saturated rings. The van der Waals surface area contributed by atoms with Gasteiger partial charge in [0.25, 0.3) is 5.91 Å². The lowest BCUT2D eigenvalue weighted by molar-refractivity contribution is 0.0159. The van der Waals surface area contributed by atoms with Gasteiger partial charge in [0.05, 0.1) is 13.1 Å². The van der Waals surface area contributed by atoms with Gasteiger partial charge < -0.3 is 14.5 Å². The molecule has 1 aromatic heterocycles. The number of carbonyl (C=O) groups is 1. The first-order valence-electron chi connectivity index (χ1n) is 7.67. The molecule has 0 unspecified atom stereocenters. The fourth-order valence-corrected chi connectivity index (χ4v) is 2.49. The summed E-state index contributed by atoms with van der Waals surface area (Å²) in [7, 11) is 3.92. The summed E-state index contributed by atoms with van der Waals surface area (Å²) in [4.78, 5) is 20.2. The van der Waals surface area contributed by atoms with Crippen molar-refractivity contribution < 1.29 is 9.53 Å². The maximum absolute atomic E-state index is 12.4. The molecule has 0 aliphatic carbocycles. The first kappa shape index (κ1) is 15.8. The third kappa shape index (κ3) is 3.15. The molecule has 122 valence electrons. The van der Waals surface area contributed by atoms with E-state index in [4.69, 9.17) is 10.00 Å². The molecule has 24 heavy (non-hydrogen) atoms. The van der Waals surface area contributed by atoms with Gasteiger partial charge in [-0.25, -0.2) is 4.98 Å².